The summed E-state index contributed by atoms with van der Waals surface area (Å²) in [6.07, 6.45) is 3.07. The molecule has 0 unspecified atom stereocenters. The Morgan fingerprint density at radius 2 is 1.90 bits per heavy atom. The molecule has 4 rings (SSSR count). The predicted octanol–water partition coefficient (Wildman–Crippen LogP) is 4.26. The highest BCUT2D eigenvalue weighted by molar-refractivity contribution is 7.99. The van der Waals surface area contributed by atoms with Crippen LogP contribution in [0, 0.1) is 23.0 Å². The topological polar surface area (TPSA) is 83.6 Å². The Morgan fingerprint density at radius 1 is 1.16 bits per heavy atom. The molecule has 31 heavy (non-hydrogen) atoms. The average molecular weight is 439 g/mol. The normalized spacial score (nSPS) is 14.9. The number of amides is 1. The van der Waals surface area contributed by atoms with Gasteiger partial charge in [0.1, 0.15) is 17.2 Å². The molecular formula is C22H19F2N5OS. The lowest BCUT2D eigenvalue weighted by molar-refractivity contribution is -0.119. The lowest BCUT2D eigenvalue weighted by Gasteiger charge is -2.21. The fourth-order valence-electron chi connectivity index (χ4n) is 3.69. The Kier molecular flexibility index (Phi) is 6.00. The van der Waals surface area contributed by atoms with Crippen molar-refractivity contribution in [2.45, 2.75) is 36.4 Å². The predicted molar refractivity (Wildman–Crippen MR) is 112 cm³/mol. The summed E-state index contributed by atoms with van der Waals surface area (Å²) in [7, 11) is 0. The second kappa shape index (κ2) is 8.86. The Bertz CT molecular complexity index is 1140. The van der Waals surface area contributed by atoms with Crippen molar-refractivity contribution in [1.82, 2.24) is 20.1 Å². The van der Waals surface area contributed by atoms with E-state index in [1.807, 2.05) is 18.2 Å². The van der Waals surface area contributed by atoms with Crippen molar-refractivity contribution in [1.29, 1.82) is 5.26 Å². The molecule has 2 aromatic carbocycles. The van der Waals surface area contributed by atoms with E-state index in [0.717, 1.165) is 36.7 Å². The number of thioether (sulfide) groups is 1. The maximum absolute atomic E-state index is 14.6. The van der Waals surface area contributed by atoms with Gasteiger partial charge in [0.05, 0.1) is 17.5 Å². The molecule has 1 aliphatic rings. The number of hydrogen-bond donors (Lipinski definition) is 1. The van der Waals surface area contributed by atoms with Crippen molar-refractivity contribution in [2.75, 3.05) is 5.75 Å². The van der Waals surface area contributed by atoms with Gasteiger partial charge in [-0.2, -0.15) is 5.26 Å². The zero-order chi connectivity index (χ0) is 21.8. The highest BCUT2D eigenvalue weighted by Gasteiger charge is 2.35. The first-order valence-electron chi connectivity index (χ1n) is 9.83. The molecule has 1 aliphatic carbocycles. The van der Waals surface area contributed by atoms with Crippen molar-refractivity contribution < 1.29 is 13.6 Å². The maximum Gasteiger partial charge on any atom is 0.231 e. The molecule has 6 nitrogen and oxygen atoms in total. The second-order valence-electron chi connectivity index (χ2n) is 7.34. The van der Waals surface area contributed by atoms with Gasteiger partial charge < -0.3 is 5.32 Å². The fraction of sp³-hybridized carbons (Fsp3) is 0.273. The lowest BCUT2D eigenvalue weighted by Crippen LogP contribution is -2.45. The van der Waals surface area contributed by atoms with Crippen molar-refractivity contribution in [3.8, 4) is 23.1 Å². The Morgan fingerprint density at radius 3 is 2.58 bits per heavy atom. The second-order valence-corrected chi connectivity index (χ2v) is 8.28. The highest BCUT2D eigenvalue weighted by atomic mass is 32.2. The SMILES string of the molecule is N#CC1(NC(=O)CSc2nnc(-c3ccccc3)n2-c2ccc(F)cc2F)CCCC1. The van der Waals surface area contributed by atoms with Crippen LogP contribution >= 0.6 is 11.8 Å². The number of hydrogen-bond acceptors (Lipinski definition) is 5. The first-order valence-corrected chi connectivity index (χ1v) is 10.8. The van der Waals surface area contributed by atoms with Gasteiger partial charge in [0.2, 0.25) is 5.91 Å². The van der Waals surface area contributed by atoms with Crippen molar-refractivity contribution >= 4 is 17.7 Å². The van der Waals surface area contributed by atoms with Crippen molar-refractivity contribution in [2.24, 2.45) is 0 Å². The number of nitrogens with zero attached hydrogens (tertiary/aromatic N) is 4. The van der Waals surface area contributed by atoms with Crippen LogP contribution in [0.4, 0.5) is 8.78 Å². The van der Waals surface area contributed by atoms with Crippen LogP contribution in [0.2, 0.25) is 0 Å². The van der Waals surface area contributed by atoms with Crippen LogP contribution in [0.5, 0.6) is 0 Å². The first-order chi connectivity index (χ1) is 15.0. The molecule has 0 radical (unpaired) electrons. The smallest absolute Gasteiger partial charge is 0.231 e. The number of benzene rings is 2. The van der Waals surface area contributed by atoms with Gasteiger partial charge in [-0.1, -0.05) is 42.1 Å². The van der Waals surface area contributed by atoms with E-state index in [1.54, 1.807) is 12.1 Å². The number of rotatable bonds is 6. The quantitative estimate of drug-likeness (QED) is 0.581. The van der Waals surface area contributed by atoms with Gasteiger partial charge in [0, 0.05) is 11.6 Å². The van der Waals surface area contributed by atoms with Crippen LogP contribution in [-0.2, 0) is 4.79 Å². The molecule has 0 spiro atoms. The molecular weight excluding hydrogens is 420 g/mol. The number of halogens is 2. The number of carbonyl (C=O) groups excluding carboxylic acids is 1. The van der Waals surface area contributed by atoms with Gasteiger partial charge in [-0.25, -0.2) is 8.78 Å². The number of nitrogens with one attached hydrogen (secondary N) is 1. The zero-order valence-electron chi connectivity index (χ0n) is 16.5. The molecule has 1 aromatic heterocycles. The largest absolute Gasteiger partial charge is 0.337 e. The summed E-state index contributed by atoms with van der Waals surface area (Å²) in [5.41, 5.74) is -0.0364. The summed E-state index contributed by atoms with van der Waals surface area (Å²) < 4.78 is 29.5. The van der Waals surface area contributed by atoms with Crippen LogP contribution in [0.25, 0.3) is 17.1 Å². The third-order valence-corrected chi connectivity index (χ3v) is 6.13. The molecule has 0 aliphatic heterocycles. The standard InChI is InChI=1S/C22H19F2N5OS/c23-16-8-9-18(17(24)12-16)29-20(15-6-2-1-3-7-15)27-28-21(29)31-13-19(30)26-22(14-25)10-4-5-11-22/h1-3,6-9,12H,4-5,10-11,13H2,(H,26,30). The molecule has 1 N–H and O–H groups in total. The van der Waals surface area contributed by atoms with Gasteiger partial charge >= 0.3 is 0 Å². The minimum atomic E-state index is -0.816. The summed E-state index contributed by atoms with van der Waals surface area (Å²) in [6, 6.07) is 14.6. The zero-order valence-corrected chi connectivity index (χ0v) is 17.3. The molecule has 1 heterocycles. The number of carbonyl (C=O) groups is 1. The molecule has 0 saturated heterocycles. The van der Waals surface area contributed by atoms with E-state index in [0.29, 0.717) is 24.2 Å². The van der Waals surface area contributed by atoms with Crippen LogP contribution in [-0.4, -0.2) is 32.0 Å². The molecule has 9 heteroatoms. The fourth-order valence-corrected chi connectivity index (χ4v) is 4.44. The van der Waals surface area contributed by atoms with E-state index in [-0.39, 0.29) is 22.5 Å². The van der Waals surface area contributed by atoms with E-state index in [1.165, 1.54) is 10.6 Å². The third kappa shape index (κ3) is 4.44. The minimum absolute atomic E-state index is 0.0147. The van der Waals surface area contributed by atoms with Gasteiger partial charge in [-0.15, -0.1) is 10.2 Å². The van der Waals surface area contributed by atoms with Crippen LogP contribution < -0.4 is 5.32 Å². The summed E-state index contributed by atoms with van der Waals surface area (Å²) >= 11 is 1.08. The van der Waals surface area contributed by atoms with E-state index in [9.17, 15) is 18.8 Å². The molecule has 0 bridgehead atoms. The van der Waals surface area contributed by atoms with Gasteiger partial charge in [0.15, 0.2) is 11.0 Å². The van der Waals surface area contributed by atoms with Crippen LogP contribution in [0.15, 0.2) is 53.7 Å². The summed E-state index contributed by atoms with van der Waals surface area (Å²) in [5.74, 6) is -1.40. The lowest BCUT2D eigenvalue weighted by atomic mass is 10.0. The highest BCUT2D eigenvalue weighted by Crippen LogP contribution is 2.31. The van der Waals surface area contributed by atoms with Gasteiger partial charge in [-0.3, -0.25) is 9.36 Å². The average Bonchev–Trinajstić information content (AvgIpc) is 3.41. The molecule has 1 fully saturated rings. The van der Waals surface area contributed by atoms with E-state index in [4.69, 9.17) is 0 Å². The molecule has 158 valence electrons. The third-order valence-electron chi connectivity index (χ3n) is 5.20. The number of aromatic nitrogens is 3. The molecule has 1 amide bonds. The maximum atomic E-state index is 14.6. The van der Waals surface area contributed by atoms with E-state index in [2.05, 4.69) is 21.6 Å². The Balaban J connectivity index is 1.63. The molecule has 0 atom stereocenters. The molecule has 3 aromatic rings. The summed E-state index contributed by atoms with van der Waals surface area (Å²) in [6.45, 7) is 0. The Labute approximate surface area is 182 Å². The summed E-state index contributed by atoms with van der Waals surface area (Å²) in [4.78, 5) is 12.5. The number of nitriles is 1. The minimum Gasteiger partial charge on any atom is -0.337 e. The van der Waals surface area contributed by atoms with Crippen LogP contribution in [0.1, 0.15) is 25.7 Å². The Hall–Kier alpha value is -3.25. The summed E-state index contributed by atoms with van der Waals surface area (Å²) in [5, 5.41) is 20.9. The first kappa shape index (κ1) is 21.0. The van der Waals surface area contributed by atoms with E-state index >= 15 is 0 Å². The van der Waals surface area contributed by atoms with E-state index < -0.39 is 17.2 Å². The monoisotopic (exact) mass is 439 g/mol. The van der Waals surface area contributed by atoms with Crippen molar-refractivity contribution in [3.63, 3.8) is 0 Å². The van der Waals surface area contributed by atoms with Gasteiger partial charge in [0.25, 0.3) is 0 Å². The van der Waals surface area contributed by atoms with Crippen molar-refractivity contribution in [3.05, 3.63) is 60.2 Å². The van der Waals surface area contributed by atoms with Gasteiger partial charge in [-0.05, 0) is 37.8 Å². The molecule has 1 saturated carbocycles. The van der Waals surface area contributed by atoms with Crippen LogP contribution in [0.3, 0.4) is 0 Å².